The summed E-state index contributed by atoms with van der Waals surface area (Å²) in [6.07, 6.45) is 4.94. The summed E-state index contributed by atoms with van der Waals surface area (Å²) < 4.78 is 1.97. The normalized spacial score (nSPS) is 29.8. The summed E-state index contributed by atoms with van der Waals surface area (Å²) in [5, 5.41) is 0. The van der Waals surface area contributed by atoms with Gasteiger partial charge in [-0.05, 0) is 13.5 Å². The van der Waals surface area contributed by atoms with Crippen LogP contribution in [0.4, 0.5) is 0 Å². The number of imidazole rings is 1. The van der Waals surface area contributed by atoms with Crippen molar-refractivity contribution >= 4 is 0 Å². The van der Waals surface area contributed by atoms with Crippen molar-refractivity contribution in [2.75, 3.05) is 13.6 Å². The lowest BCUT2D eigenvalue weighted by Gasteiger charge is -2.20. The van der Waals surface area contributed by atoms with Crippen molar-refractivity contribution in [3.05, 3.63) is 18.2 Å². The van der Waals surface area contributed by atoms with E-state index in [0.29, 0.717) is 6.04 Å². The Morgan fingerprint density at radius 3 is 2.77 bits per heavy atom. The van der Waals surface area contributed by atoms with Crippen LogP contribution in [0.2, 0.25) is 0 Å². The Morgan fingerprint density at radius 1 is 1.54 bits per heavy atom. The van der Waals surface area contributed by atoms with Gasteiger partial charge in [0.2, 0.25) is 0 Å². The van der Waals surface area contributed by atoms with Gasteiger partial charge in [-0.2, -0.15) is 0 Å². The molecule has 1 fully saturated rings. The Hall–Kier alpha value is -0.870. The summed E-state index contributed by atoms with van der Waals surface area (Å²) in [6, 6.07) is 0.543. The van der Waals surface area contributed by atoms with Crippen molar-refractivity contribution in [2.24, 2.45) is 12.8 Å². The second-order valence-corrected chi connectivity index (χ2v) is 3.84. The molecule has 2 atom stereocenters. The molecule has 1 aromatic heterocycles. The van der Waals surface area contributed by atoms with Gasteiger partial charge < -0.3 is 10.3 Å². The Kier molecular flexibility index (Phi) is 2.09. The maximum absolute atomic E-state index is 6.02. The van der Waals surface area contributed by atoms with Crippen LogP contribution in [0.1, 0.15) is 18.2 Å². The van der Waals surface area contributed by atoms with E-state index in [4.69, 9.17) is 5.73 Å². The fraction of sp³-hybridized carbons (Fsp3) is 0.667. The minimum absolute atomic E-state index is 0.236. The zero-order valence-electron chi connectivity index (χ0n) is 8.14. The lowest BCUT2D eigenvalue weighted by atomic mass is 10.1. The molecule has 1 aliphatic heterocycles. The van der Waals surface area contributed by atoms with Crippen LogP contribution in [-0.2, 0) is 7.05 Å². The molecule has 0 aromatic carbocycles. The van der Waals surface area contributed by atoms with Gasteiger partial charge in [-0.1, -0.05) is 0 Å². The number of nitrogens with two attached hydrogens (primary N) is 1. The first kappa shape index (κ1) is 8.72. The quantitative estimate of drug-likeness (QED) is 0.668. The summed E-state index contributed by atoms with van der Waals surface area (Å²) in [6.45, 7) is 1.07. The molecule has 1 aliphatic rings. The Bertz CT molecular complexity index is 284. The molecule has 4 heteroatoms. The second kappa shape index (κ2) is 3.12. The first-order chi connectivity index (χ1) is 6.18. The van der Waals surface area contributed by atoms with Gasteiger partial charge in [0, 0.05) is 25.8 Å². The fourth-order valence-corrected chi connectivity index (χ4v) is 2.01. The molecule has 2 heterocycles. The maximum atomic E-state index is 6.02. The van der Waals surface area contributed by atoms with Crippen LogP contribution in [0.15, 0.2) is 12.5 Å². The Labute approximate surface area is 78.4 Å². The van der Waals surface area contributed by atoms with Crippen LogP contribution < -0.4 is 5.73 Å². The summed E-state index contributed by atoms with van der Waals surface area (Å²) in [7, 11) is 4.09. The van der Waals surface area contributed by atoms with Gasteiger partial charge in [-0.15, -0.1) is 0 Å². The van der Waals surface area contributed by atoms with Crippen molar-refractivity contribution in [1.82, 2.24) is 14.5 Å². The van der Waals surface area contributed by atoms with Crippen LogP contribution in [0, 0.1) is 0 Å². The highest BCUT2D eigenvalue weighted by molar-refractivity contribution is 5.09. The second-order valence-electron chi connectivity index (χ2n) is 3.84. The third-order valence-electron chi connectivity index (χ3n) is 2.72. The van der Waals surface area contributed by atoms with Gasteiger partial charge >= 0.3 is 0 Å². The largest absolute Gasteiger partial charge is 0.340 e. The molecule has 72 valence electrons. The number of hydrogen-bond donors (Lipinski definition) is 1. The molecule has 0 bridgehead atoms. The van der Waals surface area contributed by atoms with E-state index in [-0.39, 0.29) is 6.04 Å². The SMILES string of the molecule is CN1CCC(N)C1c1cn(C)cn1. The minimum Gasteiger partial charge on any atom is -0.340 e. The number of aryl methyl sites for hydroxylation is 1. The van der Waals surface area contributed by atoms with Crippen molar-refractivity contribution in [3.8, 4) is 0 Å². The highest BCUT2D eigenvalue weighted by atomic mass is 15.2. The van der Waals surface area contributed by atoms with Crippen LogP contribution in [0.3, 0.4) is 0 Å². The highest BCUT2D eigenvalue weighted by Crippen LogP contribution is 2.27. The van der Waals surface area contributed by atoms with Crippen LogP contribution in [0.5, 0.6) is 0 Å². The molecular formula is C9H16N4. The lowest BCUT2D eigenvalue weighted by Crippen LogP contribution is -2.29. The molecule has 0 amide bonds. The zero-order chi connectivity index (χ0) is 9.42. The molecule has 0 saturated carbocycles. The minimum atomic E-state index is 0.236. The molecule has 4 nitrogen and oxygen atoms in total. The molecule has 13 heavy (non-hydrogen) atoms. The predicted molar refractivity (Wildman–Crippen MR) is 51.2 cm³/mol. The molecule has 0 aliphatic carbocycles. The highest BCUT2D eigenvalue weighted by Gasteiger charge is 2.31. The van der Waals surface area contributed by atoms with Gasteiger partial charge in [-0.25, -0.2) is 4.98 Å². The lowest BCUT2D eigenvalue weighted by molar-refractivity contribution is 0.299. The first-order valence-electron chi connectivity index (χ1n) is 4.62. The van der Waals surface area contributed by atoms with Gasteiger partial charge in [-0.3, -0.25) is 4.90 Å². The maximum Gasteiger partial charge on any atom is 0.0947 e. The van der Waals surface area contributed by atoms with E-state index in [1.165, 1.54) is 0 Å². The van der Waals surface area contributed by atoms with E-state index in [1.54, 1.807) is 0 Å². The smallest absolute Gasteiger partial charge is 0.0947 e. The molecule has 1 aromatic rings. The van der Waals surface area contributed by atoms with E-state index >= 15 is 0 Å². The predicted octanol–water partition coefficient (Wildman–Crippen LogP) is 0.124. The number of rotatable bonds is 1. The van der Waals surface area contributed by atoms with Gasteiger partial charge in [0.1, 0.15) is 0 Å². The topological polar surface area (TPSA) is 47.1 Å². The summed E-state index contributed by atoms with van der Waals surface area (Å²) in [5.74, 6) is 0. The van der Waals surface area contributed by atoms with Crippen LogP contribution >= 0.6 is 0 Å². The molecule has 2 N–H and O–H groups in total. The van der Waals surface area contributed by atoms with Gasteiger partial charge in [0.25, 0.3) is 0 Å². The van der Waals surface area contributed by atoms with E-state index in [1.807, 2.05) is 24.1 Å². The standard InChI is InChI=1S/C9H16N4/c1-12-5-8(11-6-12)9-7(10)3-4-13(9)2/h5-7,9H,3-4,10H2,1-2H3. The summed E-state index contributed by atoms with van der Waals surface area (Å²) in [5.41, 5.74) is 7.11. The molecule has 1 saturated heterocycles. The van der Waals surface area contributed by atoms with Crippen molar-refractivity contribution in [2.45, 2.75) is 18.5 Å². The van der Waals surface area contributed by atoms with Gasteiger partial charge in [0.15, 0.2) is 0 Å². The molecule has 0 spiro atoms. The number of likely N-dealkylation sites (N-methyl/N-ethyl adjacent to an activating group) is 1. The molecule has 2 unspecified atom stereocenters. The summed E-state index contributed by atoms with van der Waals surface area (Å²) in [4.78, 5) is 6.61. The van der Waals surface area contributed by atoms with Crippen molar-refractivity contribution in [3.63, 3.8) is 0 Å². The zero-order valence-corrected chi connectivity index (χ0v) is 8.14. The number of likely N-dealkylation sites (tertiary alicyclic amines) is 1. The average Bonchev–Trinajstić information content (AvgIpc) is 2.60. The van der Waals surface area contributed by atoms with E-state index in [2.05, 4.69) is 16.9 Å². The fourth-order valence-electron chi connectivity index (χ4n) is 2.01. The molecular weight excluding hydrogens is 164 g/mol. The van der Waals surface area contributed by atoms with Crippen molar-refractivity contribution < 1.29 is 0 Å². The van der Waals surface area contributed by atoms with Crippen molar-refractivity contribution in [1.29, 1.82) is 0 Å². The van der Waals surface area contributed by atoms with E-state index in [0.717, 1.165) is 18.7 Å². The monoisotopic (exact) mass is 180 g/mol. The first-order valence-corrected chi connectivity index (χ1v) is 4.62. The van der Waals surface area contributed by atoms with E-state index in [9.17, 15) is 0 Å². The molecule has 0 radical (unpaired) electrons. The number of aromatic nitrogens is 2. The molecule has 2 rings (SSSR count). The van der Waals surface area contributed by atoms with E-state index < -0.39 is 0 Å². The Balaban J connectivity index is 2.24. The third kappa shape index (κ3) is 1.47. The van der Waals surface area contributed by atoms with Crippen LogP contribution in [0.25, 0.3) is 0 Å². The average molecular weight is 180 g/mol. The number of nitrogens with zero attached hydrogens (tertiary/aromatic N) is 3. The van der Waals surface area contributed by atoms with Gasteiger partial charge in [0.05, 0.1) is 18.1 Å². The third-order valence-corrected chi connectivity index (χ3v) is 2.72. The summed E-state index contributed by atoms with van der Waals surface area (Å²) >= 11 is 0. The van der Waals surface area contributed by atoms with Crippen LogP contribution in [-0.4, -0.2) is 34.1 Å². The number of hydrogen-bond acceptors (Lipinski definition) is 3. The Morgan fingerprint density at radius 2 is 2.31 bits per heavy atom.